The van der Waals surface area contributed by atoms with Crippen LogP contribution in [0.5, 0.6) is 0 Å². The molecule has 0 unspecified atom stereocenters. The van der Waals surface area contributed by atoms with E-state index in [1.54, 1.807) is 11.9 Å². The number of amides is 1. The molecule has 0 atom stereocenters. The predicted molar refractivity (Wildman–Crippen MR) is 98.8 cm³/mol. The number of ether oxygens (including phenoxy) is 1. The largest absolute Gasteiger partial charge is 0.450 e. The maximum atomic E-state index is 11.7. The average molecular weight is 347 g/mol. The fourth-order valence-electron chi connectivity index (χ4n) is 2.78. The van der Waals surface area contributed by atoms with E-state index in [1.165, 1.54) is 5.56 Å². The van der Waals surface area contributed by atoms with Gasteiger partial charge in [-0.25, -0.2) is 4.79 Å². The summed E-state index contributed by atoms with van der Waals surface area (Å²) in [7, 11) is 1.77. The van der Waals surface area contributed by atoms with Crippen molar-refractivity contribution in [2.75, 3.05) is 33.3 Å². The van der Waals surface area contributed by atoms with Crippen LogP contribution >= 0.6 is 0 Å². The number of aromatic nitrogens is 1. The van der Waals surface area contributed by atoms with Gasteiger partial charge in [0.15, 0.2) is 5.96 Å². The number of aryl methyl sites for hydroxylation is 1. The Hall–Kier alpha value is -2.31. The number of carbonyl (C=O) groups excluding carboxylic acids is 1. The maximum Gasteiger partial charge on any atom is 0.409 e. The SMILES string of the molecule is CCOC(=O)N1CCC(NC(=NC)NCCc2ccc(C)nc2)CC1. The van der Waals surface area contributed by atoms with Crippen molar-refractivity contribution in [3.8, 4) is 0 Å². The monoisotopic (exact) mass is 347 g/mol. The Bertz CT molecular complexity index is 565. The molecule has 0 aliphatic carbocycles. The minimum atomic E-state index is -0.213. The van der Waals surface area contributed by atoms with Crippen molar-refractivity contribution in [1.29, 1.82) is 0 Å². The van der Waals surface area contributed by atoms with E-state index < -0.39 is 0 Å². The molecule has 2 heterocycles. The average Bonchev–Trinajstić information content (AvgIpc) is 2.63. The molecular weight excluding hydrogens is 318 g/mol. The number of aliphatic imine (C=N–C) groups is 1. The second-order valence-electron chi connectivity index (χ2n) is 6.16. The molecule has 1 aromatic rings. The van der Waals surface area contributed by atoms with Gasteiger partial charge in [0.25, 0.3) is 0 Å². The summed E-state index contributed by atoms with van der Waals surface area (Å²) in [6.07, 6.45) is 4.38. The molecule has 25 heavy (non-hydrogen) atoms. The molecule has 1 aliphatic heterocycles. The van der Waals surface area contributed by atoms with Gasteiger partial charge in [0, 0.05) is 44.6 Å². The van der Waals surface area contributed by atoms with Crippen LogP contribution in [0.25, 0.3) is 0 Å². The quantitative estimate of drug-likeness (QED) is 0.626. The summed E-state index contributed by atoms with van der Waals surface area (Å²) >= 11 is 0. The highest BCUT2D eigenvalue weighted by Crippen LogP contribution is 2.11. The summed E-state index contributed by atoms with van der Waals surface area (Å²) in [6, 6.07) is 4.45. The van der Waals surface area contributed by atoms with Crippen LogP contribution in [-0.2, 0) is 11.2 Å². The number of pyridine rings is 1. The lowest BCUT2D eigenvalue weighted by atomic mass is 10.1. The van der Waals surface area contributed by atoms with Gasteiger partial charge >= 0.3 is 6.09 Å². The lowest BCUT2D eigenvalue weighted by molar-refractivity contribution is 0.0963. The first-order valence-corrected chi connectivity index (χ1v) is 8.92. The standard InChI is InChI=1S/C18H29N5O2/c1-4-25-18(24)23-11-8-16(9-12-23)22-17(19-3)20-10-7-15-6-5-14(2)21-13-15/h5-6,13,16H,4,7-12H2,1-3H3,(H2,19,20,22). The second-order valence-corrected chi connectivity index (χ2v) is 6.16. The predicted octanol–water partition coefficient (Wildman–Crippen LogP) is 1.72. The first-order valence-electron chi connectivity index (χ1n) is 8.92. The Kier molecular flexibility index (Phi) is 7.50. The van der Waals surface area contributed by atoms with Crippen molar-refractivity contribution in [2.45, 2.75) is 39.2 Å². The van der Waals surface area contributed by atoms with Crippen LogP contribution in [0.15, 0.2) is 23.3 Å². The molecular formula is C18H29N5O2. The van der Waals surface area contributed by atoms with Gasteiger partial charge in [0.05, 0.1) is 6.61 Å². The second kappa shape index (κ2) is 9.86. The molecule has 1 fully saturated rings. The van der Waals surface area contributed by atoms with Crippen molar-refractivity contribution in [3.05, 3.63) is 29.6 Å². The summed E-state index contributed by atoms with van der Waals surface area (Å²) < 4.78 is 5.05. The molecule has 0 saturated carbocycles. The van der Waals surface area contributed by atoms with E-state index >= 15 is 0 Å². The summed E-state index contributed by atoms with van der Waals surface area (Å²) in [6.45, 7) is 6.46. The van der Waals surface area contributed by atoms with E-state index in [9.17, 15) is 4.79 Å². The smallest absolute Gasteiger partial charge is 0.409 e. The number of piperidine rings is 1. The number of nitrogens with zero attached hydrogens (tertiary/aromatic N) is 3. The Morgan fingerprint density at radius 2 is 2.16 bits per heavy atom. The topological polar surface area (TPSA) is 78.8 Å². The Balaban J connectivity index is 1.70. The number of hydrogen-bond donors (Lipinski definition) is 2. The van der Waals surface area contributed by atoms with Gasteiger partial charge in [-0.1, -0.05) is 6.07 Å². The van der Waals surface area contributed by atoms with E-state index in [0.29, 0.717) is 25.7 Å². The van der Waals surface area contributed by atoms with Gasteiger partial charge in [-0.15, -0.1) is 0 Å². The maximum absolute atomic E-state index is 11.7. The molecule has 1 aromatic heterocycles. The first-order chi connectivity index (χ1) is 12.1. The van der Waals surface area contributed by atoms with Crippen LogP contribution in [0, 0.1) is 6.92 Å². The van der Waals surface area contributed by atoms with Crippen molar-refractivity contribution in [1.82, 2.24) is 20.5 Å². The molecule has 7 heteroatoms. The van der Waals surface area contributed by atoms with Crippen LogP contribution in [0.2, 0.25) is 0 Å². The van der Waals surface area contributed by atoms with E-state index in [0.717, 1.165) is 37.5 Å². The highest BCUT2D eigenvalue weighted by Gasteiger charge is 2.23. The third-order valence-electron chi connectivity index (χ3n) is 4.26. The molecule has 0 radical (unpaired) electrons. The molecule has 2 N–H and O–H groups in total. The molecule has 1 amide bonds. The van der Waals surface area contributed by atoms with Gasteiger partial charge in [0.1, 0.15) is 0 Å². The fraction of sp³-hybridized carbons (Fsp3) is 0.611. The van der Waals surface area contributed by atoms with E-state index in [2.05, 4.69) is 26.7 Å². The van der Waals surface area contributed by atoms with E-state index in [1.807, 2.05) is 26.1 Å². The van der Waals surface area contributed by atoms with Crippen LogP contribution < -0.4 is 10.6 Å². The third kappa shape index (κ3) is 6.25. The molecule has 0 bridgehead atoms. The highest BCUT2D eigenvalue weighted by atomic mass is 16.6. The van der Waals surface area contributed by atoms with E-state index in [-0.39, 0.29) is 6.09 Å². The zero-order chi connectivity index (χ0) is 18.1. The van der Waals surface area contributed by atoms with Crippen LogP contribution in [0.1, 0.15) is 31.0 Å². The minimum absolute atomic E-state index is 0.213. The Labute approximate surface area is 149 Å². The lowest BCUT2D eigenvalue weighted by Crippen LogP contribution is -2.50. The van der Waals surface area contributed by atoms with Crippen molar-refractivity contribution in [3.63, 3.8) is 0 Å². The number of nitrogens with one attached hydrogen (secondary N) is 2. The normalized spacial score (nSPS) is 15.8. The fourth-order valence-corrected chi connectivity index (χ4v) is 2.78. The zero-order valence-corrected chi connectivity index (χ0v) is 15.4. The zero-order valence-electron chi connectivity index (χ0n) is 15.4. The molecule has 7 nitrogen and oxygen atoms in total. The number of rotatable bonds is 5. The molecule has 1 saturated heterocycles. The van der Waals surface area contributed by atoms with Crippen molar-refractivity contribution >= 4 is 12.1 Å². The van der Waals surface area contributed by atoms with Gasteiger partial charge in [-0.05, 0) is 44.7 Å². The van der Waals surface area contributed by atoms with Crippen LogP contribution in [0.3, 0.4) is 0 Å². The number of guanidine groups is 1. The third-order valence-corrected chi connectivity index (χ3v) is 4.26. The number of likely N-dealkylation sites (tertiary alicyclic amines) is 1. The van der Waals surface area contributed by atoms with Crippen molar-refractivity contribution in [2.24, 2.45) is 4.99 Å². The Morgan fingerprint density at radius 1 is 1.40 bits per heavy atom. The number of carbonyl (C=O) groups is 1. The highest BCUT2D eigenvalue weighted by molar-refractivity contribution is 5.80. The Morgan fingerprint density at radius 3 is 2.76 bits per heavy atom. The van der Waals surface area contributed by atoms with Crippen LogP contribution in [0.4, 0.5) is 4.79 Å². The van der Waals surface area contributed by atoms with E-state index in [4.69, 9.17) is 4.74 Å². The van der Waals surface area contributed by atoms with Gasteiger partial charge < -0.3 is 20.3 Å². The summed E-state index contributed by atoms with van der Waals surface area (Å²) in [5, 5.41) is 6.78. The lowest BCUT2D eigenvalue weighted by Gasteiger charge is -2.32. The molecule has 0 spiro atoms. The summed E-state index contributed by atoms with van der Waals surface area (Å²) in [5.41, 5.74) is 2.24. The first kappa shape index (κ1) is 19.0. The summed E-state index contributed by atoms with van der Waals surface area (Å²) in [4.78, 5) is 22.1. The molecule has 138 valence electrons. The molecule has 1 aliphatic rings. The number of hydrogen-bond acceptors (Lipinski definition) is 4. The minimum Gasteiger partial charge on any atom is -0.450 e. The summed E-state index contributed by atoms with van der Waals surface area (Å²) in [5.74, 6) is 0.801. The molecule has 0 aromatic carbocycles. The van der Waals surface area contributed by atoms with Crippen LogP contribution in [-0.4, -0.2) is 61.3 Å². The molecule has 2 rings (SSSR count). The van der Waals surface area contributed by atoms with Crippen molar-refractivity contribution < 1.29 is 9.53 Å². The van der Waals surface area contributed by atoms with Gasteiger partial charge in [0.2, 0.25) is 0 Å². The van der Waals surface area contributed by atoms with Gasteiger partial charge in [-0.3, -0.25) is 9.98 Å². The van der Waals surface area contributed by atoms with Gasteiger partial charge in [-0.2, -0.15) is 0 Å².